The summed E-state index contributed by atoms with van der Waals surface area (Å²) in [6.07, 6.45) is 3.67. The monoisotopic (exact) mass is 409 g/mol. The molecular weight excluding hydrogens is 386 g/mol. The Morgan fingerprint density at radius 3 is 2.62 bits per heavy atom. The molecule has 4 rings (SSSR count). The Bertz CT molecular complexity index is 980. The van der Waals surface area contributed by atoms with E-state index >= 15 is 0 Å². The lowest BCUT2D eigenvalue weighted by Gasteiger charge is -2.36. The predicted octanol–water partition coefficient (Wildman–Crippen LogP) is 3.77. The number of aryl methyl sites for hydroxylation is 1. The van der Waals surface area contributed by atoms with Crippen LogP contribution in [0.5, 0.6) is 0 Å². The number of carbonyl (C=O) groups is 1. The maximum Gasteiger partial charge on any atom is 0.259 e. The van der Waals surface area contributed by atoms with Crippen molar-refractivity contribution in [3.05, 3.63) is 54.0 Å². The molecule has 2 atom stereocenters. The Kier molecular flexibility index (Phi) is 5.55. The first-order valence-electron chi connectivity index (χ1n) is 9.56. The number of amides is 1. The smallest absolute Gasteiger partial charge is 0.259 e. The van der Waals surface area contributed by atoms with Gasteiger partial charge in [0.2, 0.25) is 0 Å². The summed E-state index contributed by atoms with van der Waals surface area (Å²) < 4.78 is 5.77. The molecule has 4 heterocycles. The van der Waals surface area contributed by atoms with Gasteiger partial charge in [-0.3, -0.25) is 15.1 Å². The number of ether oxygens (including phenoxy) is 1. The minimum atomic E-state index is -0.228. The Morgan fingerprint density at radius 2 is 1.97 bits per heavy atom. The maximum absolute atomic E-state index is 12.6. The van der Waals surface area contributed by atoms with Gasteiger partial charge in [0, 0.05) is 25.5 Å². The highest BCUT2D eigenvalue weighted by Gasteiger charge is 2.23. The molecule has 1 amide bonds. The van der Waals surface area contributed by atoms with Crippen molar-refractivity contribution >= 4 is 28.2 Å². The summed E-state index contributed by atoms with van der Waals surface area (Å²) in [6, 6.07) is 9.41. The van der Waals surface area contributed by atoms with Crippen LogP contribution in [-0.4, -0.2) is 46.2 Å². The van der Waals surface area contributed by atoms with Gasteiger partial charge in [-0.1, -0.05) is 17.4 Å². The van der Waals surface area contributed by atoms with E-state index in [-0.39, 0.29) is 18.1 Å². The number of nitrogens with one attached hydrogen (secondary N) is 1. The molecule has 0 spiro atoms. The first-order valence-corrected chi connectivity index (χ1v) is 10.4. The fraction of sp³-hybridized carbons (Fsp3) is 0.333. The van der Waals surface area contributed by atoms with Crippen molar-refractivity contribution in [1.82, 2.24) is 15.0 Å². The molecule has 1 fully saturated rings. The molecule has 150 valence electrons. The standard InChI is InChI=1S/C21H23N5O2S/c1-13-11-26(12-14(2)28-13)18-8-7-16(10-23-18)20(27)25-21-24-15(3)19(29-21)17-6-4-5-9-22-17/h4-10,13-14H,11-12H2,1-3H3,(H,24,25,27). The van der Waals surface area contributed by atoms with Crippen LogP contribution in [0.15, 0.2) is 42.7 Å². The molecule has 0 bridgehead atoms. The van der Waals surface area contributed by atoms with Crippen LogP contribution in [0.3, 0.4) is 0 Å². The predicted molar refractivity (Wildman–Crippen MR) is 114 cm³/mol. The zero-order valence-electron chi connectivity index (χ0n) is 16.6. The van der Waals surface area contributed by atoms with Gasteiger partial charge in [-0.25, -0.2) is 9.97 Å². The summed E-state index contributed by atoms with van der Waals surface area (Å²) in [4.78, 5) is 29.1. The van der Waals surface area contributed by atoms with Gasteiger partial charge in [-0.05, 0) is 45.0 Å². The van der Waals surface area contributed by atoms with Gasteiger partial charge < -0.3 is 9.64 Å². The summed E-state index contributed by atoms with van der Waals surface area (Å²) in [5, 5.41) is 3.42. The number of aromatic nitrogens is 3. The molecular formula is C21H23N5O2S. The quantitative estimate of drug-likeness (QED) is 0.706. The summed E-state index contributed by atoms with van der Waals surface area (Å²) in [7, 11) is 0. The van der Waals surface area contributed by atoms with E-state index in [0.29, 0.717) is 10.7 Å². The first kappa shape index (κ1) is 19.5. The fourth-order valence-electron chi connectivity index (χ4n) is 3.43. The molecule has 3 aromatic rings. The largest absolute Gasteiger partial charge is 0.372 e. The number of anilines is 2. The lowest BCUT2D eigenvalue weighted by atomic mass is 10.2. The highest BCUT2D eigenvalue weighted by Crippen LogP contribution is 2.31. The molecule has 0 aliphatic carbocycles. The van der Waals surface area contributed by atoms with Crippen molar-refractivity contribution in [3.63, 3.8) is 0 Å². The van der Waals surface area contributed by atoms with E-state index in [1.54, 1.807) is 18.5 Å². The number of rotatable bonds is 4. The number of carbonyl (C=O) groups excluding carboxylic acids is 1. The third-order valence-electron chi connectivity index (χ3n) is 4.67. The molecule has 8 heteroatoms. The molecule has 7 nitrogen and oxygen atoms in total. The minimum Gasteiger partial charge on any atom is -0.372 e. The summed E-state index contributed by atoms with van der Waals surface area (Å²) in [5.41, 5.74) is 2.19. The van der Waals surface area contributed by atoms with Gasteiger partial charge in [0.15, 0.2) is 5.13 Å². The zero-order valence-corrected chi connectivity index (χ0v) is 17.4. The van der Waals surface area contributed by atoms with Crippen molar-refractivity contribution in [2.24, 2.45) is 0 Å². The second kappa shape index (κ2) is 8.26. The van der Waals surface area contributed by atoms with Crippen molar-refractivity contribution in [3.8, 4) is 10.6 Å². The van der Waals surface area contributed by atoms with Crippen LogP contribution >= 0.6 is 11.3 Å². The molecule has 0 aromatic carbocycles. The summed E-state index contributed by atoms with van der Waals surface area (Å²) in [6.45, 7) is 7.60. The Morgan fingerprint density at radius 1 is 1.17 bits per heavy atom. The molecule has 2 unspecified atom stereocenters. The van der Waals surface area contributed by atoms with Crippen LogP contribution in [0.1, 0.15) is 29.9 Å². The molecule has 3 aromatic heterocycles. The van der Waals surface area contributed by atoms with Crippen molar-refractivity contribution in [1.29, 1.82) is 0 Å². The number of thiazole rings is 1. The van der Waals surface area contributed by atoms with Gasteiger partial charge in [0.1, 0.15) is 5.82 Å². The zero-order chi connectivity index (χ0) is 20.4. The van der Waals surface area contributed by atoms with Crippen LogP contribution in [-0.2, 0) is 4.74 Å². The number of hydrogen-bond acceptors (Lipinski definition) is 7. The summed E-state index contributed by atoms with van der Waals surface area (Å²) in [5.74, 6) is 0.625. The van der Waals surface area contributed by atoms with Crippen molar-refractivity contribution in [2.75, 3.05) is 23.3 Å². The highest BCUT2D eigenvalue weighted by molar-refractivity contribution is 7.19. The topological polar surface area (TPSA) is 80.2 Å². The Labute approximate surface area is 173 Å². The lowest BCUT2D eigenvalue weighted by molar-refractivity contribution is -0.00546. The van der Waals surface area contributed by atoms with E-state index in [1.807, 2.05) is 31.2 Å². The SMILES string of the molecule is Cc1nc(NC(=O)c2ccc(N3CC(C)OC(C)C3)nc2)sc1-c1ccccn1. The number of hydrogen-bond donors (Lipinski definition) is 1. The van der Waals surface area contributed by atoms with Crippen LogP contribution < -0.4 is 10.2 Å². The highest BCUT2D eigenvalue weighted by atomic mass is 32.1. The Hall–Kier alpha value is -2.84. The first-order chi connectivity index (χ1) is 14.0. The molecule has 1 saturated heterocycles. The fourth-order valence-corrected chi connectivity index (χ4v) is 4.36. The molecule has 1 N–H and O–H groups in total. The van der Waals surface area contributed by atoms with Gasteiger partial charge in [0.25, 0.3) is 5.91 Å². The average molecular weight is 410 g/mol. The third kappa shape index (κ3) is 4.44. The van der Waals surface area contributed by atoms with Gasteiger partial charge in [-0.15, -0.1) is 0 Å². The lowest BCUT2D eigenvalue weighted by Crippen LogP contribution is -2.45. The minimum absolute atomic E-state index is 0.157. The Balaban J connectivity index is 1.45. The van der Waals surface area contributed by atoms with E-state index in [9.17, 15) is 4.79 Å². The van der Waals surface area contributed by atoms with Crippen LogP contribution in [0.25, 0.3) is 10.6 Å². The second-order valence-corrected chi connectivity index (χ2v) is 8.17. The third-order valence-corrected chi connectivity index (χ3v) is 5.76. The van der Waals surface area contributed by atoms with E-state index in [4.69, 9.17) is 4.74 Å². The number of morpholine rings is 1. The van der Waals surface area contributed by atoms with Crippen LogP contribution in [0.2, 0.25) is 0 Å². The number of nitrogens with zero attached hydrogens (tertiary/aromatic N) is 4. The molecule has 1 aliphatic heterocycles. The summed E-state index contributed by atoms with van der Waals surface area (Å²) >= 11 is 1.41. The molecule has 29 heavy (non-hydrogen) atoms. The second-order valence-electron chi connectivity index (χ2n) is 7.17. The molecule has 0 saturated carbocycles. The van der Waals surface area contributed by atoms with Crippen molar-refractivity contribution < 1.29 is 9.53 Å². The van der Waals surface area contributed by atoms with E-state index in [0.717, 1.165) is 35.2 Å². The van der Waals surface area contributed by atoms with Gasteiger partial charge in [0.05, 0.1) is 34.0 Å². The van der Waals surface area contributed by atoms with E-state index in [1.165, 1.54) is 11.3 Å². The van der Waals surface area contributed by atoms with E-state index < -0.39 is 0 Å². The van der Waals surface area contributed by atoms with Crippen LogP contribution in [0.4, 0.5) is 10.9 Å². The average Bonchev–Trinajstić information content (AvgIpc) is 3.08. The van der Waals surface area contributed by atoms with Gasteiger partial charge >= 0.3 is 0 Å². The normalized spacial score (nSPS) is 19.2. The van der Waals surface area contributed by atoms with Crippen LogP contribution in [0, 0.1) is 6.92 Å². The maximum atomic E-state index is 12.6. The molecule has 1 aliphatic rings. The molecule has 0 radical (unpaired) electrons. The van der Waals surface area contributed by atoms with Crippen molar-refractivity contribution in [2.45, 2.75) is 33.0 Å². The number of pyridine rings is 2. The van der Waals surface area contributed by atoms with Gasteiger partial charge in [-0.2, -0.15) is 0 Å². The van der Waals surface area contributed by atoms with E-state index in [2.05, 4.69) is 39.0 Å².